The number of methoxy groups -OCH3 is 3. The number of hydrogen-bond acceptors (Lipinski definition) is 7. The van der Waals surface area contributed by atoms with Gasteiger partial charge >= 0.3 is 0 Å². The zero-order valence-electron chi connectivity index (χ0n) is 18.0. The minimum absolute atomic E-state index is 0.522. The van der Waals surface area contributed by atoms with E-state index in [4.69, 9.17) is 18.7 Å². The third-order valence-electron chi connectivity index (χ3n) is 4.52. The van der Waals surface area contributed by atoms with E-state index in [2.05, 4.69) is 15.6 Å². The Morgan fingerprint density at radius 3 is 2.10 bits per heavy atom. The number of hydrogen-bond donors (Lipinski definition) is 1. The molecule has 0 saturated carbocycles. The van der Waals surface area contributed by atoms with E-state index in [1.165, 1.54) is 0 Å². The highest BCUT2D eigenvalue weighted by atomic mass is 16.5. The Morgan fingerprint density at radius 2 is 1.60 bits per heavy atom. The molecule has 3 aromatic rings. The van der Waals surface area contributed by atoms with Gasteiger partial charge in [-0.15, -0.1) is 0 Å². The molecule has 2 aromatic carbocycles. The third-order valence-corrected chi connectivity index (χ3v) is 4.52. The number of ether oxygens (including phenoxy) is 3. The minimum atomic E-state index is 0.522. The molecule has 0 saturated heterocycles. The standard InChI is InChI=1S/C22H26N4O4/c1-23-22(25-26(2)3)15-9-7-14(8-10-15)17-13-24-30-20(17)16-11-18(27-4)21(29-6)19(12-16)28-5/h7-13H,1-6H3,(H,23,25). The number of nitrogens with one attached hydrogen (secondary N) is 1. The summed E-state index contributed by atoms with van der Waals surface area (Å²) < 4.78 is 21.9. The first-order chi connectivity index (χ1) is 14.5. The number of amidine groups is 1. The van der Waals surface area contributed by atoms with Gasteiger partial charge in [0.2, 0.25) is 5.75 Å². The van der Waals surface area contributed by atoms with E-state index in [9.17, 15) is 0 Å². The van der Waals surface area contributed by atoms with Gasteiger partial charge in [0.15, 0.2) is 17.3 Å². The molecule has 3 rings (SSSR count). The fourth-order valence-electron chi connectivity index (χ4n) is 3.13. The second kappa shape index (κ2) is 9.32. The lowest BCUT2D eigenvalue weighted by Crippen LogP contribution is -2.36. The monoisotopic (exact) mass is 410 g/mol. The van der Waals surface area contributed by atoms with Crippen molar-refractivity contribution < 1.29 is 18.7 Å². The molecule has 0 amide bonds. The summed E-state index contributed by atoms with van der Waals surface area (Å²) in [6, 6.07) is 11.7. The highest BCUT2D eigenvalue weighted by Gasteiger charge is 2.19. The van der Waals surface area contributed by atoms with Crippen LogP contribution in [-0.2, 0) is 0 Å². The predicted molar refractivity (Wildman–Crippen MR) is 116 cm³/mol. The van der Waals surface area contributed by atoms with Crippen LogP contribution in [0, 0.1) is 0 Å². The van der Waals surface area contributed by atoms with Crippen LogP contribution in [0.25, 0.3) is 22.5 Å². The van der Waals surface area contributed by atoms with Crippen LogP contribution in [0.15, 0.2) is 52.1 Å². The molecule has 158 valence electrons. The fourth-order valence-corrected chi connectivity index (χ4v) is 3.13. The summed E-state index contributed by atoms with van der Waals surface area (Å²) in [4.78, 5) is 4.30. The molecule has 0 spiro atoms. The highest BCUT2D eigenvalue weighted by Crippen LogP contribution is 2.43. The van der Waals surface area contributed by atoms with Crippen molar-refractivity contribution in [1.29, 1.82) is 0 Å². The Balaban J connectivity index is 2.00. The molecule has 0 aliphatic rings. The van der Waals surface area contributed by atoms with Gasteiger partial charge < -0.3 is 24.2 Å². The quantitative estimate of drug-likeness (QED) is 0.363. The normalized spacial score (nSPS) is 11.5. The molecule has 0 bridgehead atoms. The molecule has 0 aliphatic heterocycles. The van der Waals surface area contributed by atoms with Crippen LogP contribution in [0.2, 0.25) is 0 Å². The van der Waals surface area contributed by atoms with Gasteiger partial charge in [0.1, 0.15) is 5.84 Å². The summed E-state index contributed by atoms with van der Waals surface area (Å²) in [7, 11) is 10.3. The third kappa shape index (κ3) is 4.23. The first-order valence-electron chi connectivity index (χ1n) is 9.29. The van der Waals surface area contributed by atoms with Gasteiger partial charge in [-0.05, 0) is 17.7 Å². The molecule has 0 fully saturated rings. The molecular formula is C22H26N4O4. The molecule has 1 N–H and O–H groups in total. The maximum Gasteiger partial charge on any atom is 0.203 e. The lowest BCUT2D eigenvalue weighted by atomic mass is 10.0. The molecule has 0 atom stereocenters. The SMILES string of the molecule is CN=C(NN(C)C)c1ccc(-c2cnoc2-c2cc(OC)c(OC)c(OC)c2)cc1. The van der Waals surface area contributed by atoms with Crippen molar-refractivity contribution in [1.82, 2.24) is 15.6 Å². The number of hydrazine groups is 1. The van der Waals surface area contributed by atoms with Crippen molar-refractivity contribution in [2.45, 2.75) is 0 Å². The summed E-state index contributed by atoms with van der Waals surface area (Å²) in [5, 5.41) is 5.86. The molecule has 0 radical (unpaired) electrons. The van der Waals surface area contributed by atoms with Crippen molar-refractivity contribution in [3.8, 4) is 39.7 Å². The summed E-state index contributed by atoms with van der Waals surface area (Å²) in [5.41, 5.74) is 6.74. The molecule has 30 heavy (non-hydrogen) atoms. The second-order valence-electron chi connectivity index (χ2n) is 6.64. The molecule has 1 aromatic heterocycles. The molecule has 0 unspecified atom stereocenters. The minimum Gasteiger partial charge on any atom is -0.493 e. The molecule has 0 aliphatic carbocycles. The number of aromatic nitrogens is 1. The predicted octanol–water partition coefficient (Wildman–Crippen LogP) is 3.48. The van der Waals surface area contributed by atoms with Crippen molar-refractivity contribution in [2.24, 2.45) is 4.99 Å². The van der Waals surface area contributed by atoms with Gasteiger partial charge in [-0.1, -0.05) is 29.4 Å². The van der Waals surface area contributed by atoms with Gasteiger partial charge in [0.25, 0.3) is 0 Å². The maximum atomic E-state index is 5.58. The van der Waals surface area contributed by atoms with Crippen LogP contribution in [0.4, 0.5) is 0 Å². The van der Waals surface area contributed by atoms with Gasteiger partial charge in [-0.2, -0.15) is 0 Å². The van der Waals surface area contributed by atoms with E-state index in [-0.39, 0.29) is 0 Å². The van der Waals surface area contributed by atoms with Gasteiger partial charge in [0, 0.05) is 37.8 Å². The van der Waals surface area contributed by atoms with Gasteiger partial charge in [-0.25, -0.2) is 5.01 Å². The van der Waals surface area contributed by atoms with Crippen molar-refractivity contribution in [3.63, 3.8) is 0 Å². The highest BCUT2D eigenvalue weighted by molar-refractivity contribution is 5.99. The zero-order chi connectivity index (χ0) is 21.7. The van der Waals surface area contributed by atoms with Crippen LogP contribution in [0.3, 0.4) is 0 Å². The van der Waals surface area contributed by atoms with E-state index in [0.717, 1.165) is 28.1 Å². The molecule has 1 heterocycles. The van der Waals surface area contributed by atoms with Crippen LogP contribution in [0.1, 0.15) is 5.56 Å². The number of benzene rings is 2. The largest absolute Gasteiger partial charge is 0.493 e. The van der Waals surface area contributed by atoms with Crippen molar-refractivity contribution in [3.05, 3.63) is 48.2 Å². The van der Waals surface area contributed by atoms with E-state index < -0.39 is 0 Å². The maximum absolute atomic E-state index is 5.58. The van der Waals surface area contributed by atoms with Gasteiger partial charge in [-0.3, -0.25) is 4.99 Å². The Labute approximate surface area is 176 Å². The van der Waals surface area contributed by atoms with Crippen molar-refractivity contribution in [2.75, 3.05) is 42.5 Å². The average Bonchev–Trinajstić information content (AvgIpc) is 3.26. The molecular weight excluding hydrogens is 384 g/mol. The van der Waals surface area contributed by atoms with Gasteiger partial charge in [0.05, 0.1) is 27.5 Å². The average molecular weight is 410 g/mol. The smallest absolute Gasteiger partial charge is 0.203 e. The van der Waals surface area contributed by atoms with E-state index in [1.807, 2.05) is 55.5 Å². The summed E-state index contributed by atoms with van der Waals surface area (Å²) >= 11 is 0. The fraction of sp³-hybridized carbons (Fsp3) is 0.273. The summed E-state index contributed by atoms with van der Waals surface area (Å²) in [6.07, 6.45) is 1.69. The first kappa shape index (κ1) is 21.2. The van der Waals surface area contributed by atoms with Crippen LogP contribution >= 0.6 is 0 Å². The lowest BCUT2D eigenvalue weighted by molar-refractivity contribution is 0.324. The van der Waals surface area contributed by atoms with Crippen LogP contribution in [-0.4, -0.2) is 58.5 Å². The topological polar surface area (TPSA) is 81.4 Å². The van der Waals surface area contributed by atoms with Crippen LogP contribution < -0.4 is 19.6 Å². The number of rotatable bonds is 7. The number of nitrogens with zero attached hydrogens (tertiary/aromatic N) is 3. The summed E-state index contributed by atoms with van der Waals surface area (Å²) in [6.45, 7) is 0. The Bertz CT molecular complexity index is 1000. The lowest BCUT2D eigenvalue weighted by Gasteiger charge is -2.16. The van der Waals surface area contributed by atoms with E-state index in [1.54, 1.807) is 34.6 Å². The Morgan fingerprint density at radius 1 is 0.967 bits per heavy atom. The Kier molecular flexibility index (Phi) is 6.58. The second-order valence-corrected chi connectivity index (χ2v) is 6.64. The first-order valence-corrected chi connectivity index (χ1v) is 9.29. The van der Waals surface area contributed by atoms with Crippen LogP contribution in [0.5, 0.6) is 17.2 Å². The van der Waals surface area contributed by atoms with Crippen molar-refractivity contribution >= 4 is 5.84 Å². The zero-order valence-corrected chi connectivity index (χ0v) is 18.0. The number of aliphatic imine (C=N–C) groups is 1. The summed E-state index contributed by atoms with van der Waals surface area (Å²) in [5.74, 6) is 3.00. The molecule has 8 heteroatoms. The Hall–Kier alpha value is -3.52. The van der Waals surface area contributed by atoms with E-state index in [0.29, 0.717) is 23.0 Å². The van der Waals surface area contributed by atoms with E-state index >= 15 is 0 Å². The molecule has 8 nitrogen and oxygen atoms in total.